The fraction of sp³-hybridized carbons (Fsp3) is 0.263. The first kappa shape index (κ1) is 19.6. The van der Waals surface area contributed by atoms with E-state index in [0.29, 0.717) is 28.6 Å². The molecule has 0 saturated heterocycles. The number of halogens is 1. The number of para-hydroxylation sites is 2. The smallest absolute Gasteiger partial charge is 0.337 e. The second kappa shape index (κ2) is 9.10. The van der Waals surface area contributed by atoms with E-state index in [9.17, 15) is 9.59 Å². The Balaban J connectivity index is 2.18. The molecule has 1 N–H and O–H groups in total. The molecule has 0 aromatic heterocycles. The third kappa shape index (κ3) is 4.67. The van der Waals surface area contributed by atoms with Crippen LogP contribution >= 0.6 is 11.6 Å². The number of anilines is 1. The number of esters is 1. The topological polar surface area (TPSA) is 73.9 Å². The van der Waals surface area contributed by atoms with Gasteiger partial charge in [-0.3, -0.25) is 4.79 Å². The fourth-order valence-corrected chi connectivity index (χ4v) is 2.44. The number of rotatable bonds is 7. The first-order chi connectivity index (χ1) is 12.5. The standard InChI is InChI=1S/C19H20ClNO5/c1-4-15(26-17-8-6-5-7-16(17)24-2)18(22)21-14-11-12(19(23)25-3)9-10-13(14)20/h5-11,15H,4H2,1-3H3,(H,21,22)/t15-/m0/s1. The second-order valence-corrected chi connectivity index (χ2v) is 5.75. The molecule has 2 aromatic rings. The van der Waals surface area contributed by atoms with Gasteiger partial charge in [-0.2, -0.15) is 0 Å². The van der Waals surface area contributed by atoms with Crippen molar-refractivity contribution in [1.29, 1.82) is 0 Å². The Morgan fingerprint density at radius 2 is 1.81 bits per heavy atom. The maximum Gasteiger partial charge on any atom is 0.337 e. The second-order valence-electron chi connectivity index (χ2n) is 5.34. The molecule has 0 heterocycles. The van der Waals surface area contributed by atoms with Crippen molar-refractivity contribution in [3.05, 3.63) is 53.1 Å². The molecule has 0 saturated carbocycles. The average Bonchev–Trinajstić information content (AvgIpc) is 2.67. The molecular weight excluding hydrogens is 358 g/mol. The predicted octanol–water partition coefficient (Wildman–Crippen LogP) is 3.93. The van der Waals surface area contributed by atoms with Crippen molar-refractivity contribution in [2.45, 2.75) is 19.4 Å². The summed E-state index contributed by atoms with van der Waals surface area (Å²) < 4.78 is 15.7. The van der Waals surface area contributed by atoms with E-state index >= 15 is 0 Å². The third-order valence-corrected chi connectivity index (χ3v) is 3.98. The van der Waals surface area contributed by atoms with Crippen molar-refractivity contribution < 1.29 is 23.8 Å². The number of carbonyl (C=O) groups excluding carboxylic acids is 2. The zero-order valence-electron chi connectivity index (χ0n) is 14.7. The van der Waals surface area contributed by atoms with Crippen LogP contribution in [-0.2, 0) is 9.53 Å². The summed E-state index contributed by atoms with van der Waals surface area (Å²) in [7, 11) is 2.81. The molecule has 0 aliphatic heterocycles. The fourth-order valence-electron chi connectivity index (χ4n) is 2.27. The third-order valence-electron chi connectivity index (χ3n) is 3.65. The molecule has 2 rings (SSSR count). The Labute approximate surface area is 157 Å². The average molecular weight is 378 g/mol. The summed E-state index contributed by atoms with van der Waals surface area (Å²) in [6.07, 6.45) is -0.331. The molecule has 1 amide bonds. The largest absolute Gasteiger partial charge is 0.493 e. The van der Waals surface area contributed by atoms with Crippen LogP contribution in [0, 0.1) is 0 Å². The summed E-state index contributed by atoms with van der Waals surface area (Å²) in [5.41, 5.74) is 0.590. The van der Waals surface area contributed by atoms with Gasteiger partial charge in [0.25, 0.3) is 5.91 Å². The van der Waals surface area contributed by atoms with Gasteiger partial charge in [-0.05, 0) is 36.8 Å². The Kier molecular flexibility index (Phi) is 6.86. The molecular formula is C19H20ClNO5. The van der Waals surface area contributed by atoms with E-state index in [0.717, 1.165) is 0 Å². The zero-order chi connectivity index (χ0) is 19.1. The molecule has 138 valence electrons. The van der Waals surface area contributed by atoms with Gasteiger partial charge < -0.3 is 19.5 Å². The van der Waals surface area contributed by atoms with Gasteiger partial charge >= 0.3 is 5.97 Å². The van der Waals surface area contributed by atoms with E-state index in [4.69, 9.17) is 21.1 Å². The van der Waals surface area contributed by atoms with Crippen LogP contribution in [0.1, 0.15) is 23.7 Å². The summed E-state index contributed by atoms with van der Waals surface area (Å²) in [6.45, 7) is 1.83. The SMILES string of the molecule is CC[C@H](Oc1ccccc1OC)C(=O)Nc1cc(C(=O)OC)ccc1Cl. The number of carbonyl (C=O) groups is 2. The maximum atomic E-state index is 12.6. The van der Waals surface area contributed by atoms with Gasteiger partial charge in [-0.25, -0.2) is 4.79 Å². The molecule has 1 atom stereocenters. The quantitative estimate of drug-likeness (QED) is 0.740. The summed E-state index contributed by atoms with van der Waals surface area (Å²) >= 11 is 6.12. The van der Waals surface area contributed by atoms with Crippen molar-refractivity contribution >= 4 is 29.2 Å². The highest BCUT2D eigenvalue weighted by Gasteiger charge is 2.21. The predicted molar refractivity (Wildman–Crippen MR) is 99.1 cm³/mol. The number of methoxy groups -OCH3 is 2. The minimum absolute atomic E-state index is 0.283. The van der Waals surface area contributed by atoms with Crippen molar-refractivity contribution in [1.82, 2.24) is 0 Å². The first-order valence-corrected chi connectivity index (χ1v) is 8.36. The van der Waals surface area contributed by atoms with Crippen molar-refractivity contribution in [3.63, 3.8) is 0 Å². The lowest BCUT2D eigenvalue weighted by Crippen LogP contribution is -2.32. The molecule has 6 nitrogen and oxygen atoms in total. The molecule has 0 spiro atoms. The molecule has 2 aromatic carbocycles. The summed E-state index contributed by atoms with van der Waals surface area (Å²) in [6, 6.07) is 11.6. The van der Waals surface area contributed by atoms with Gasteiger partial charge in [0.15, 0.2) is 17.6 Å². The van der Waals surface area contributed by atoms with E-state index in [-0.39, 0.29) is 11.5 Å². The Hall–Kier alpha value is -2.73. The molecule has 0 aliphatic carbocycles. The van der Waals surface area contributed by atoms with Crippen LogP contribution in [0.4, 0.5) is 5.69 Å². The number of ether oxygens (including phenoxy) is 3. The first-order valence-electron chi connectivity index (χ1n) is 7.98. The van der Waals surface area contributed by atoms with Crippen molar-refractivity contribution in [2.75, 3.05) is 19.5 Å². The van der Waals surface area contributed by atoms with Gasteiger partial charge in [0, 0.05) is 0 Å². The number of hydrogen-bond acceptors (Lipinski definition) is 5. The van der Waals surface area contributed by atoms with Gasteiger partial charge in [0.2, 0.25) is 0 Å². The summed E-state index contributed by atoms with van der Waals surface area (Å²) in [5, 5.41) is 3.00. The highest BCUT2D eigenvalue weighted by molar-refractivity contribution is 6.33. The Bertz CT molecular complexity index is 793. The molecule has 0 radical (unpaired) electrons. The number of nitrogens with one attached hydrogen (secondary N) is 1. The van der Waals surface area contributed by atoms with Crippen LogP contribution in [0.2, 0.25) is 5.02 Å². The molecule has 0 fully saturated rings. The lowest BCUT2D eigenvalue weighted by molar-refractivity contribution is -0.122. The lowest BCUT2D eigenvalue weighted by Gasteiger charge is -2.19. The van der Waals surface area contributed by atoms with E-state index < -0.39 is 12.1 Å². The monoisotopic (exact) mass is 377 g/mol. The van der Waals surface area contributed by atoms with E-state index in [1.54, 1.807) is 18.2 Å². The Morgan fingerprint density at radius 3 is 2.42 bits per heavy atom. The number of hydrogen-bond donors (Lipinski definition) is 1. The molecule has 0 unspecified atom stereocenters. The van der Waals surface area contributed by atoms with Crippen LogP contribution < -0.4 is 14.8 Å². The van der Waals surface area contributed by atoms with E-state index in [1.807, 2.05) is 13.0 Å². The maximum absolute atomic E-state index is 12.6. The number of amides is 1. The number of benzene rings is 2. The lowest BCUT2D eigenvalue weighted by atomic mass is 10.2. The zero-order valence-corrected chi connectivity index (χ0v) is 15.5. The molecule has 0 aliphatic rings. The minimum Gasteiger partial charge on any atom is -0.493 e. The molecule has 0 bridgehead atoms. The van der Waals surface area contributed by atoms with Crippen LogP contribution in [0.3, 0.4) is 0 Å². The minimum atomic E-state index is -0.760. The molecule has 7 heteroatoms. The highest BCUT2D eigenvalue weighted by Crippen LogP contribution is 2.28. The van der Waals surface area contributed by atoms with Gasteiger partial charge in [-0.15, -0.1) is 0 Å². The van der Waals surface area contributed by atoms with Gasteiger partial charge in [-0.1, -0.05) is 30.7 Å². The summed E-state index contributed by atoms with van der Waals surface area (Å²) in [5.74, 6) is 0.0904. The van der Waals surface area contributed by atoms with Gasteiger partial charge in [0.1, 0.15) is 0 Å². The van der Waals surface area contributed by atoms with E-state index in [2.05, 4.69) is 10.1 Å². The Morgan fingerprint density at radius 1 is 1.12 bits per heavy atom. The highest BCUT2D eigenvalue weighted by atomic mass is 35.5. The van der Waals surface area contributed by atoms with E-state index in [1.165, 1.54) is 32.4 Å². The van der Waals surface area contributed by atoms with Crippen molar-refractivity contribution in [2.24, 2.45) is 0 Å². The van der Waals surface area contributed by atoms with Gasteiger partial charge in [0.05, 0.1) is 30.5 Å². The van der Waals surface area contributed by atoms with Crippen molar-refractivity contribution in [3.8, 4) is 11.5 Å². The van der Waals surface area contributed by atoms with Crippen LogP contribution in [-0.4, -0.2) is 32.2 Å². The normalized spacial score (nSPS) is 11.4. The molecule has 26 heavy (non-hydrogen) atoms. The van der Waals surface area contributed by atoms with Crippen LogP contribution in [0.15, 0.2) is 42.5 Å². The summed E-state index contributed by atoms with van der Waals surface area (Å²) in [4.78, 5) is 24.2. The van der Waals surface area contributed by atoms with Crippen LogP contribution in [0.5, 0.6) is 11.5 Å². The van der Waals surface area contributed by atoms with Crippen LogP contribution in [0.25, 0.3) is 0 Å².